The van der Waals surface area contributed by atoms with Gasteiger partial charge >= 0.3 is 6.09 Å². The van der Waals surface area contributed by atoms with Crippen LogP contribution in [-0.4, -0.2) is 46.0 Å². The van der Waals surface area contributed by atoms with Crippen molar-refractivity contribution >= 4 is 17.9 Å². The number of alkyl carbamates (subject to hydrolysis) is 1. The molecule has 1 aromatic carbocycles. The van der Waals surface area contributed by atoms with Gasteiger partial charge in [-0.3, -0.25) is 9.59 Å². The van der Waals surface area contributed by atoms with Gasteiger partial charge in [-0.2, -0.15) is 0 Å². The van der Waals surface area contributed by atoms with Crippen LogP contribution < -0.4 is 10.6 Å². The van der Waals surface area contributed by atoms with Crippen molar-refractivity contribution in [1.82, 2.24) is 15.5 Å². The maximum atomic E-state index is 14.3. The molecule has 0 bridgehead atoms. The fourth-order valence-electron chi connectivity index (χ4n) is 4.18. The summed E-state index contributed by atoms with van der Waals surface area (Å²) >= 11 is 0. The molecule has 1 fully saturated rings. The van der Waals surface area contributed by atoms with Crippen molar-refractivity contribution in [2.45, 2.75) is 110 Å². The van der Waals surface area contributed by atoms with E-state index in [-0.39, 0.29) is 23.8 Å². The molecule has 7 nitrogen and oxygen atoms in total. The van der Waals surface area contributed by atoms with Crippen molar-refractivity contribution in [3.8, 4) is 12.3 Å². The van der Waals surface area contributed by atoms with E-state index in [1.54, 1.807) is 37.8 Å². The molecule has 2 N–H and O–H groups in total. The lowest BCUT2D eigenvalue weighted by molar-refractivity contribution is -0.149. The first-order valence-electron chi connectivity index (χ1n) is 12.9. The fraction of sp³-hybridized carbons (Fsp3) is 0.621. The zero-order chi connectivity index (χ0) is 27.3. The monoisotopic (exact) mass is 497 g/mol. The first-order chi connectivity index (χ1) is 16.7. The number of hydrogen-bond donors (Lipinski definition) is 2. The van der Waals surface area contributed by atoms with Gasteiger partial charge in [-0.15, -0.1) is 6.42 Å². The first kappa shape index (κ1) is 29.2. The van der Waals surface area contributed by atoms with Crippen LogP contribution in [0.15, 0.2) is 24.3 Å². The molecule has 0 aromatic heterocycles. The highest BCUT2D eigenvalue weighted by Gasteiger charge is 2.44. The number of nitrogens with zero attached hydrogens (tertiary/aromatic N) is 1. The molecule has 0 saturated heterocycles. The number of terminal acetylenes is 1. The third-order valence-electron chi connectivity index (χ3n) is 6.31. The Balaban J connectivity index is 2.59. The second-order valence-electron chi connectivity index (χ2n) is 11.7. The van der Waals surface area contributed by atoms with Crippen LogP contribution in [0.4, 0.5) is 4.79 Å². The van der Waals surface area contributed by atoms with Crippen molar-refractivity contribution in [1.29, 1.82) is 0 Å². The van der Waals surface area contributed by atoms with Gasteiger partial charge < -0.3 is 20.3 Å². The molecule has 0 spiro atoms. The Hall–Kier alpha value is -3.01. The zero-order valence-electron chi connectivity index (χ0n) is 23.1. The Morgan fingerprint density at radius 1 is 1.14 bits per heavy atom. The number of rotatable bonds is 8. The zero-order valence-corrected chi connectivity index (χ0v) is 23.1. The second kappa shape index (κ2) is 11.8. The third kappa shape index (κ3) is 7.74. The van der Waals surface area contributed by atoms with E-state index >= 15 is 0 Å². The van der Waals surface area contributed by atoms with Crippen molar-refractivity contribution in [3.05, 3.63) is 35.4 Å². The summed E-state index contributed by atoms with van der Waals surface area (Å²) in [5.74, 6) is 1.89. The van der Waals surface area contributed by atoms with Gasteiger partial charge in [0.05, 0.1) is 0 Å². The standard InChI is InChI=1S/C29H43N3O4/c1-10-19(3)23(30-27(35)36-29(7,8)9)26(34)32(21-16-14-17-21)24(25(33)31-28(4,5)6)22-18-13-12-15-20(22)11-2/h2,12-13,15,18-19,21,23-24H,10,14,16-17H2,1,3-9H3,(H,30,35)(H,31,33). The molecule has 3 unspecified atom stereocenters. The van der Waals surface area contributed by atoms with Gasteiger partial charge in [-0.25, -0.2) is 4.79 Å². The number of amides is 3. The van der Waals surface area contributed by atoms with Crippen LogP contribution >= 0.6 is 0 Å². The minimum atomic E-state index is -0.929. The average Bonchev–Trinajstić information content (AvgIpc) is 2.72. The average molecular weight is 498 g/mol. The molecule has 0 heterocycles. The van der Waals surface area contributed by atoms with E-state index < -0.39 is 29.3 Å². The van der Waals surface area contributed by atoms with Crippen LogP contribution in [0.5, 0.6) is 0 Å². The molecule has 7 heteroatoms. The quantitative estimate of drug-likeness (QED) is 0.498. The van der Waals surface area contributed by atoms with E-state index in [0.717, 1.165) is 19.3 Å². The summed E-state index contributed by atoms with van der Waals surface area (Å²) in [6.45, 7) is 14.9. The first-order valence-corrected chi connectivity index (χ1v) is 12.9. The number of nitrogens with one attached hydrogen (secondary N) is 2. The fourth-order valence-corrected chi connectivity index (χ4v) is 4.18. The molecule has 0 aliphatic heterocycles. The normalized spacial score (nSPS) is 16.5. The van der Waals surface area contributed by atoms with Crippen LogP contribution in [0, 0.1) is 18.3 Å². The molecule has 1 saturated carbocycles. The SMILES string of the molecule is C#Cc1ccccc1C(C(=O)NC(C)(C)C)N(C(=O)C(NC(=O)OC(C)(C)C)C(C)CC)C1CCC1. The molecule has 3 amide bonds. The summed E-state index contributed by atoms with van der Waals surface area (Å²) < 4.78 is 5.46. The maximum absolute atomic E-state index is 14.3. The molecule has 0 radical (unpaired) electrons. The number of carbonyl (C=O) groups excluding carboxylic acids is 3. The lowest BCUT2D eigenvalue weighted by atomic mass is 9.86. The van der Waals surface area contributed by atoms with E-state index in [1.807, 2.05) is 46.8 Å². The molecule has 1 aliphatic carbocycles. The topological polar surface area (TPSA) is 87.7 Å². The third-order valence-corrected chi connectivity index (χ3v) is 6.31. The van der Waals surface area contributed by atoms with E-state index in [0.29, 0.717) is 17.5 Å². The predicted octanol–water partition coefficient (Wildman–Crippen LogP) is 4.94. The Morgan fingerprint density at radius 3 is 2.22 bits per heavy atom. The molecule has 1 aromatic rings. The molecule has 198 valence electrons. The van der Waals surface area contributed by atoms with Gasteiger partial charge in [0.1, 0.15) is 17.7 Å². The van der Waals surface area contributed by atoms with Crippen LogP contribution in [-0.2, 0) is 14.3 Å². The van der Waals surface area contributed by atoms with Crippen molar-refractivity contribution < 1.29 is 19.1 Å². The van der Waals surface area contributed by atoms with Crippen molar-refractivity contribution in [2.75, 3.05) is 0 Å². The maximum Gasteiger partial charge on any atom is 0.408 e. The molecule has 3 atom stereocenters. The molecule has 2 rings (SSSR count). The second-order valence-corrected chi connectivity index (χ2v) is 11.7. The predicted molar refractivity (Wildman–Crippen MR) is 142 cm³/mol. The summed E-state index contributed by atoms with van der Waals surface area (Å²) in [5.41, 5.74) is -0.0626. The van der Waals surface area contributed by atoms with E-state index in [2.05, 4.69) is 16.6 Å². The highest BCUT2D eigenvalue weighted by molar-refractivity contribution is 5.93. The molecule has 36 heavy (non-hydrogen) atoms. The summed E-state index contributed by atoms with van der Waals surface area (Å²) in [4.78, 5) is 42.5. The van der Waals surface area contributed by atoms with Gasteiger partial charge in [-0.1, -0.05) is 44.4 Å². The molecular formula is C29H43N3O4. The summed E-state index contributed by atoms with van der Waals surface area (Å²) in [7, 11) is 0. The minimum absolute atomic E-state index is 0.133. The Bertz CT molecular complexity index is 979. The van der Waals surface area contributed by atoms with E-state index in [9.17, 15) is 14.4 Å². The van der Waals surface area contributed by atoms with Gasteiger partial charge in [0.2, 0.25) is 11.8 Å². The Labute approximate surface area is 216 Å². The number of carbonyl (C=O) groups is 3. The number of benzene rings is 1. The smallest absolute Gasteiger partial charge is 0.408 e. The lowest BCUT2D eigenvalue weighted by Gasteiger charge is -2.45. The summed E-state index contributed by atoms with van der Waals surface area (Å²) in [5, 5.41) is 5.85. The van der Waals surface area contributed by atoms with Crippen molar-refractivity contribution in [3.63, 3.8) is 0 Å². The number of ether oxygens (including phenoxy) is 1. The minimum Gasteiger partial charge on any atom is -0.444 e. The van der Waals surface area contributed by atoms with E-state index in [1.165, 1.54) is 0 Å². The Morgan fingerprint density at radius 2 is 1.75 bits per heavy atom. The van der Waals surface area contributed by atoms with Gasteiger partial charge in [0, 0.05) is 17.1 Å². The highest BCUT2D eigenvalue weighted by Crippen LogP contribution is 2.36. The van der Waals surface area contributed by atoms with Gasteiger partial charge in [0.15, 0.2) is 0 Å². The lowest BCUT2D eigenvalue weighted by Crippen LogP contribution is -2.60. The summed E-state index contributed by atoms with van der Waals surface area (Å²) in [6, 6.07) is 5.31. The largest absolute Gasteiger partial charge is 0.444 e. The summed E-state index contributed by atoms with van der Waals surface area (Å²) in [6.07, 6.45) is 8.34. The van der Waals surface area contributed by atoms with Crippen LogP contribution in [0.25, 0.3) is 0 Å². The van der Waals surface area contributed by atoms with Crippen LogP contribution in [0.1, 0.15) is 98.2 Å². The molecular weight excluding hydrogens is 454 g/mol. The van der Waals surface area contributed by atoms with Crippen LogP contribution in [0.2, 0.25) is 0 Å². The van der Waals surface area contributed by atoms with Gasteiger partial charge in [0.25, 0.3) is 0 Å². The number of hydrogen-bond acceptors (Lipinski definition) is 4. The Kier molecular flexibility index (Phi) is 9.59. The molecule has 1 aliphatic rings. The van der Waals surface area contributed by atoms with Crippen molar-refractivity contribution in [2.24, 2.45) is 5.92 Å². The van der Waals surface area contributed by atoms with E-state index in [4.69, 9.17) is 11.2 Å². The highest BCUT2D eigenvalue weighted by atomic mass is 16.6. The van der Waals surface area contributed by atoms with Crippen LogP contribution in [0.3, 0.4) is 0 Å². The van der Waals surface area contributed by atoms with Gasteiger partial charge in [-0.05, 0) is 78.4 Å².